The third-order valence-electron chi connectivity index (χ3n) is 10.2. The Kier molecular flexibility index (Phi) is 8.36. The Bertz CT molecular complexity index is 2950. The molecule has 0 N–H and O–H groups in total. The fourth-order valence-corrected chi connectivity index (χ4v) is 8.49. The standard InChI is InChI=1S/C51H33N3S/c1-3-13-34(14-4-1)35-22-24-36(25-23-35)39-29-40(38-26-27-50-45(32-38)44-19-9-10-21-49(44)55-50)31-41(30-39)47-33-48(54-51(53-47)37-15-5-2-6-16-37)43-18-8-7-17-42(43)46-20-11-12-28-52-46/h1-33H. The van der Waals surface area contributed by atoms with Gasteiger partial charge in [-0.15, -0.1) is 11.3 Å². The maximum atomic E-state index is 5.28. The molecule has 0 unspecified atom stereocenters. The van der Waals surface area contributed by atoms with Crippen LogP contribution in [0.5, 0.6) is 0 Å². The highest BCUT2D eigenvalue weighted by Gasteiger charge is 2.17. The molecule has 10 rings (SSSR count). The number of nitrogens with zero attached hydrogens (tertiary/aromatic N) is 3. The molecule has 0 radical (unpaired) electrons. The van der Waals surface area contributed by atoms with Crippen LogP contribution >= 0.6 is 11.3 Å². The van der Waals surface area contributed by atoms with Gasteiger partial charge in [-0.1, -0.05) is 140 Å². The number of pyridine rings is 1. The molecule has 3 nitrogen and oxygen atoms in total. The molecule has 3 aromatic heterocycles. The third kappa shape index (κ3) is 6.39. The van der Waals surface area contributed by atoms with Gasteiger partial charge in [0.15, 0.2) is 5.82 Å². The molecule has 0 aliphatic heterocycles. The number of aromatic nitrogens is 3. The molecule has 3 heterocycles. The van der Waals surface area contributed by atoms with Gasteiger partial charge in [0.05, 0.1) is 17.1 Å². The first-order valence-electron chi connectivity index (χ1n) is 18.4. The van der Waals surface area contributed by atoms with Crippen molar-refractivity contribution in [3.63, 3.8) is 0 Å². The summed E-state index contributed by atoms with van der Waals surface area (Å²) < 4.78 is 2.59. The maximum Gasteiger partial charge on any atom is 0.160 e. The molecular formula is C51H33N3S. The maximum absolute atomic E-state index is 5.28. The van der Waals surface area contributed by atoms with E-state index in [1.807, 2.05) is 53.9 Å². The highest BCUT2D eigenvalue weighted by molar-refractivity contribution is 7.25. The minimum absolute atomic E-state index is 0.675. The third-order valence-corrected chi connectivity index (χ3v) is 11.3. The van der Waals surface area contributed by atoms with Crippen LogP contribution in [0, 0.1) is 0 Å². The van der Waals surface area contributed by atoms with Gasteiger partial charge in [-0.3, -0.25) is 4.98 Å². The molecule has 0 aliphatic carbocycles. The second-order valence-corrected chi connectivity index (χ2v) is 14.7. The first-order chi connectivity index (χ1) is 27.2. The molecule has 0 saturated heterocycles. The number of rotatable bonds is 7. The van der Waals surface area contributed by atoms with Crippen LogP contribution in [0.3, 0.4) is 0 Å². The summed E-state index contributed by atoms with van der Waals surface area (Å²) in [5.41, 5.74) is 13.6. The SMILES string of the molecule is c1ccc(-c2ccc(-c3cc(-c4ccc5sc6ccccc6c5c4)cc(-c4cc(-c5ccccc5-c5ccccn5)nc(-c5ccccc5)n4)c3)cc2)cc1. The molecule has 0 spiro atoms. The fourth-order valence-electron chi connectivity index (χ4n) is 7.40. The summed E-state index contributed by atoms with van der Waals surface area (Å²) in [6, 6.07) is 68.6. The van der Waals surface area contributed by atoms with Crippen LogP contribution in [-0.4, -0.2) is 15.0 Å². The van der Waals surface area contributed by atoms with E-state index in [0.717, 1.165) is 61.6 Å². The van der Waals surface area contributed by atoms with Crippen molar-refractivity contribution < 1.29 is 0 Å². The Labute approximate surface area is 323 Å². The van der Waals surface area contributed by atoms with E-state index in [9.17, 15) is 0 Å². The number of hydrogen-bond acceptors (Lipinski definition) is 4. The van der Waals surface area contributed by atoms with Crippen molar-refractivity contribution in [3.05, 3.63) is 200 Å². The Morgan fingerprint density at radius 3 is 1.60 bits per heavy atom. The van der Waals surface area contributed by atoms with E-state index in [4.69, 9.17) is 15.0 Å². The second-order valence-electron chi connectivity index (χ2n) is 13.6. The second kappa shape index (κ2) is 14.1. The molecule has 0 saturated carbocycles. The lowest BCUT2D eigenvalue weighted by Gasteiger charge is -2.15. The normalized spacial score (nSPS) is 11.3. The van der Waals surface area contributed by atoms with Crippen molar-refractivity contribution >= 4 is 31.5 Å². The van der Waals surface area contributed by atoms with Crippen LogP contribution in [0.1, 0.15) is 0 Å². The average molecular weight is 720 g/mol. The molecule has 10 aromatic rings. The summed E-state index contributed by atoms with van der Waals surface area (Å²) in [7, 11) is 0. The summed E-state index contributed by atoms with van der Waals surface area (Å²) in [6.07, 6.45) is 1.84. The number of fused-ring (bicyclic) bond motifs is 3. The van der Waals surface area contributed by atoms with Crippen molar-refractivity contribution in [1.29, 1.82) is 0 Å². The summed E-state index contributed by atoms with van der Waals surface area (Å²) in [4.78, 5) is 15.2. The van der Waals surface area contributed by atoms with Gasteiger partial charge in [0.2, 0.25) is 0 Å². The first kappa shape index (κ1) is 32.6. The predicted molar refractivity (Wildman–Crippen MR) is 231 cm³/mol. The Morgan fingerprint density at radius 1 is 0.309 bits per heavy atom. The highest BCUT2D eigenvalue weighted by atomic mass is 32.1. The zero-order valence-corrected chi connectivity index (χ0v) is 30.6. The van der Waals surface area contributed by atoms with Gasteiger partial charge >= 0.3 is 0 Å². The van der Waals surface area contributed by atoms with Crippen molar-refractivity contribution in [1.82, 2.24) is 15.0 Å². The van der Waals surface area contributed by atoms with E-state index in [2.05, 4.69) is 158 Å². The number of hydrogen-bond donors (Lipinski definition) is 0. The number of benzene rings is 7. The topological polar surface area (TPSA) is 38.7 Å². The number of thiophene rings is 1. The van der Waals surface area contributed by atoms with Crippen molar-refractivity contribution in [2.75, 3.05) is 0 Å². The van der Waals surface area contributed by atoms with Gasteiger partial charge in [0, 0.05) is 48.6 Å². The average Bonchev–Trinajstić information content (AvgIpc) is 3.65. The zero-order chi connectivity index (χ0) is 36.6. The Hall–Kier alpha value is -7.01. The Balaban J connectivity index is 1.18. The predicted octanol–water partition coefficient (Wildman–Crippen LogP) is 13.9. The molecule has 0 aliphatic rings. The molecule has 258 valence electrons. The summed E-state index contributed by atoms with van der Waals surface area (Å²) in [5.74, 6) is 0.675. The minimum atomic E-state index is 0.675. The molecule has 0 bridgehead atoms. The van der Waals surface area contributed by atoms with E-state index in [1.165, 1.54) is 31.3 Å². The van der Waals surface area contributed by atoms with E-state index in [0.29, 0.717) is 5.82 Å². The fraction of sp³-hybridized carbons (Fsp3) is 0. The lowest BCUT2D eigenvalue weighted by molar-refractivity contribution is 1.18. The van der Waals surface area contributed by atoms with E-state index < -0.39 is 0 Å². The zero-order valence-electron chi connectivity index (χ0n) is 29.8. The van der Waals surface area contributed by atoms with Crippen molar-refractivity contribution in [3.8, 4) is 78.5 Å². The minimum Gasteiger partial charge on any atom is -0.256 e. The van der Waals surface area contributed by atoms with Gasteiger partial charge in [0.1, 0.15) is 0 Å². The smallest absolute Gasteiger partial charge is 0.160 e. The molecule has 0 fully saturated rings. The summed E-state index contributed by atoms with van der Waals surface area (Å²) in [6.45, 7) is 0. The first-order valence-corrected chi connectivity index (χ1v) is 19.2. The molecule has 7 aromatic carbocycles. The molecule has 4 heteroatoms. The Morgan fingerprint density at radius 2 is 0.855 bits per heavy atom. The van der Waals surface area contributed by atoms with Gasteiger partial charge in [0.25, 0.3) is 0 Å². The quantitative estimate of drug-likeness (QED) is 0.165. The van der Waals surface area contributed by atoms with Crippen molar-refractivity contribution in [2.45, 2.75) is 0 Å². The lowest BCUT2D eigenvalue weighted by atomic mass is 9.93. The van der Waals surface area contributed by atoms with Gasteiger partial charge in [-0.25, -0.2) is 9.97 Å². The largest absolute Gasteiger partial charge is 0.256 e. The molecule has 0 atom stereocenters. The summed E-state index contributed by atoms with van der Waals surface area (Å²) >= 11 is 1.84. The molecule has 0 amide bonds. The van der Waals surface area contributed by atoms with Crippen molar-refractivity contribution in [2.24, 2.45) is 0 Å². The van der Waals surface area contributed by atoms with Crippen LogP contribution < -0.4 is 0 Å². The van der Waals surface area contributed by atoms with Gasteiger partial charge in [-0.2, -0.15) is 0 Å². The van der Waals surface area contributed by atoms with Crippen LogP contribution in [0.15, 0.2) is 200 Å². The lowest BCUT2D eigenvalue weighted by Crippen LogP contribution is -1.98. The van der Waals surface area contributed by atoms with Crippen LogP contribution in [-0.2, 0) is 0 Å². The molecule has 55 heavy (non-hydrogen) atoms. The van der Waals surface area contributed by atoms with Gasteiger partial charge in [-0.05, 0) is 88.0 Å². The van der Waals surface area contributed by atoms with Crippen LogP contribution in [0.4, 0.5) is 0 Å². The highest BCUT2D eigenvalue weighted by Crippen LogP contribution is 2.40. The monoisotopic (exact) mass is 719 g/mol. The van der Waals surface area contributed by atoms with Crippen LogP contribution in [0.2, 0.25) is 0 Å². The summed E-state index contributed by atoms with van der Waals surface area (Å²) in [5, 5.41) is 2.57. The van der Waals surface area contributed by atoms with E-state index in [-0.39, 0.29) is 0 Å². The van der Waals surface area contributed by atoms with Gasteiger partial charge < -0.3 is 0 Å². The van der Waals surface area contributed by atoms with E-state index in [1.54, 1.807) is 0 Å². The molecular weight excluding hydrogens is 687 g/mol. The van der Waals surface area contributed by atoms with Crippen LogP contribution in [0.25, 0.3) is 98.7 Å². The van der Waals surface area contributed by atoms with E-state index >= 15 is 0 Å².